The van der Waals surface area contributed by atoms with E-state index < -0.39 is 18.4 Å². The number of rotatable bonds is 8. The highest BCUT2D eigenvalue weighted by molar-refractivity contribution is 5.77. The van der Waals surface area contributed by atoms with Crippen LogP contribution in [0, 0.1) is 0 Å². The lowest BCUT2D eigenvalue weighted by Crippen LogP contribution is -2.48. The number of hydrogen-bond donors (Lipinski definition) is 2. The van der Waals surface area contributed by atoms with Crippen molar-refractivity contribution >= 4 is 5.91 Å². The Bertz CT molecular complexity index is 781. The van der Waals surface area contributed by atoms with Gasteiger partial charge >= 0.3 is 12.1 Å². The normalized spacial score (nSPS) is 13.2. The van der Waals surface area contributed by atoms with Gasteiger partial charge in [-0.15, -0.1) is 5.06 Å². The first-order valence-electron chi connectivity index (χ1n) is 8.05. The molecular weight excluding hydrogens is 383 g/mol. The molecule has 9 nitrogen and oxygen atoms in total. The molecule has 2 rings (SSSR count). The number of halogens is 3. The zero-order valence-electron chi connectivity index (χ0n) is 15.4. The van der Waals surface area contributed by atoms with E-state index in [0.717, 1.165) is 0 Å². The van der Waals surface area contributed by atoms with E-state index in [1.165, 1.54) is 36.3 Å². The lowest BCUT2D eigenvalue weighted by Gasteiger charge is -2.31. The van der Waals surface area contributed by atoms with Crippen LogP contribution in [0.3, 0.4) is 0 Å². The molecule has 1 amide bonds. The van der Waals surface area contributed by atoms with E-state index in [2.05, 4.69) is 20.0 Å². The molecule has 0 fully saturated rings. The van der Waals surface area contributed by atoms with Gasteiger partial charge in [-0.2, -0.15) is 18.2 Å². The minimum absolute atomic E-state index is 0.0458. The Labute approximate surface area is 158 Å². The molecule has 1 aromatic carbocycles. The summed E-state index contributed by atoms with van der Waals surface area (Å²) in [6.45, 7) is 0.103. The third kappa shape index (κ3) is 5.48. The molecule has 0 aliphatic carbocycles. The lowest BCUT2D eigenvalue weighted by atomic mass is 10.1. The lowest BCUT2D eigenvalue weighted by molar-refractivity contribution is -0.269. The summed E-state index contributed by atoms with van der Waals surface area (Å²) < 4.78 is 41.8. The third-order valence-electron chi connectivity index (χ3n) is 3.78. The number of aliphatic hydroxyl groups excluding tert-OH is 1. The minimum atomic E-state index is -4.71. The second-order valence-corrected chi connectivity index (χ2v) is 5.81. The number of hydrogen-bond acceptors (Lipinski definition) is 8. The van der Waals surface area contributed by atoms with Crippen LogP contribution in [-0.4, -0.2) is 65.2 Å². The van der Waals surface area contributed by atoms with Gasteiger partial charge < -0.3 is 14.9 Å². The van der Waals surface area contributed by atoms with Crippen molar-refractivity contribution in [2.24, 2.45) is 0 Å². The average molecular weight is 403 g/mol. The van der Waals surface area contributed by atoms with Gasteiger partial charge in [-0.1, -0.05) is 29.4 Å². The first-order chi connectivity index (χ1) is 13.2. The summed E-state index contributed by atoms with van der Waals surface area (Å²) in [4.78, 5) is 21.3. The van der Waals surface area contributed by atoms with E-state index in [1.807, 2.05) is 0 Å². The van der Waals surface area contributed by atoms with Crippen LogP contribution in [0.15, 0.2) is 28.8 Å². The maximum atomic E-state index is 12.5. The molecule has 1 heterocycles. The monoisotopic (exact) mass is 403 g/mol. The molecule has 154 valence electrons. The first-order valence-corrected chi connectivity index (χ1v) is 8.05. The summed E-state index contributed by atoms with van der Waals surface area (Å²) in [6.07, 6.45) is -5.91. The van der Waals surface area contributed by atoms with Crippen LogP contribution in [0.25, 0.3) is 11.4 Å². The van der Waals surface area contributed by atoms with Gasteiger partial charge in [-0.25, -0.2) is 0 Å². The van der Waals surface area contributed by atoms with Gasteiger partial charge in [0.15, 0.2) is 6.35 Å². The molecule has 0 saturated heterocycles. The van der Waals surface area contributed by atoms with Gasteiger partial charge in [0.05, 0.1) is 20.2 Å². The Morgan fingerprint density at radius 3 is 2.50 bits per heavy atom. The van der Waals surface area contributed by atoms with Crippen molar-refractivity contribution in [2.75, 3.05) is 27.7 Å². The fraction of sp³-hybridized carbons (Fsp3) is 0.438. The molecule has 2 aromatic rings. The Hall–Kier alpha value is -2.54. The topological polar surface area (TPSA) is 104 Å². The van der Waals surface area contributed by atoms with Crippen molar-refractivity contribution in [2.45, 2.75) is 19.1 Å². The van der Waals surface area contributed by atoms with E-state index >= 15 is 0 Å². The molecule has 1 atom stereocenters. The van der Waals surface area contributed by atoms with E-state index in [9.17, 15) is 23.1 Å². The second kappa shape index (κ2) is 9.10. The first kappa shape index (κ1) is 21.8. The molecule has 0 spiro atoms. The summed E-state index contributed by atoms with van der Waals surface area (Å²) in [5.41, 5.74) is 1.03. The molecule has 1 unspecified atom stereocenters. The predicted octanol–water partition coefficient (Wildman–Crippen LogP) is 1.07. The molecule has 1 aromatic heterocycles. The van der Waals surface area contributed by atoms with Gasteiger partial charge in [-0.3, -0.25) is 14.5 Å². The highest BCUT2D eigenvalue weighted by atomic mass is 19.4. The maximum absolute atomic E-state index is 12.5. The van der Waals surface area contributed by atoms with E-state index in [0.29, 0.717) is 11.1 Å². The Morgan fingerprint density at radius 1 is 1.36 bits per heavy atom. The van der Waals surface area contributed by atoms with Gasteiger partial charge in [0.2, 0.25) is 11.7 Å². The number of benzene rings is 1. The number of aromatic nitrogens is 2. The SMILES string of the molecule is CNC(=O)CN(C)C(O)N(Cc1ccc(-c2noc(C(F)(F)F)n2)cc1)OC. The number of aliphatic hydroxyl groups is 1. The summed E-state index contributed by atoms with van der Waals surface area (Å²) in [6, 6.07) is 6.29. The number of nitrogens with zero attached hydrogens (tertiary/aromatic N) is 4. The predicted molar refractivity (Wildman–Crippen MR) is 90.0 cm³/mol. The molecular formula is C16H20F3N5O4. The number of alkyl halides is 3. The molecule has 0 radical (unpaired) electrons. The van der Waals surface area contributed by atoms with Crippen molar-refractivity contribution in [3.05, 3.63) is 35.7 Å². The Morgan fingerprint density at radius 2 is 2.00 bits per heavy atom. The number of hydroxylamine groups is 2. The molecule has 0 saturated carbocycles. The second-order valence-electron chi connectivity index (χ2n) is 5.81. The Balaban J connectivity index is 2.05. The van der Waals surface area contributed by atoms with Crippen LogP contribution in [0.2, 0.25) is 0 Å². The Kier molecular flexibility index (Phi) is 7.07. The van der Waals surface area contributed by atoms with Crippen molar-refractivity contribution in [1.82, 2.24) is 25.4 Å². The summed E-state index contributed by atoms with van der Waals surface area (Å²) in [7, 11) is 4.40. The standard InChI is InChI=1S/C16H20F3N5O4/c1-20-12(25)9-23(2)15(26)24(27-3)8-10-4-6-11(7-5-10)13-21-14(28-22-13)16(17,18)19/h4-7,15,26H,8-9H2,1-3H3,(H,20,25). The summed E-state index contributed by atoms with van der Waals surface area (Å²) in [5, 5.41) is 17.3. The smallest absolute Gasteiger partial charge is 0.363 e. The maximum Gasteiger partial charge on any atom is 0.471 e. The molecule has 28 heavy (non-hydrogen) atoms. The molecule has 12 heteroatoms. The van der Waals surface area contributed by atoms with E-state index in [4.69, 9.17) is 4.84 Å². The number of likely N-dealkylation sites (N-methyl/N-ethyl adjacent to an activating group) is 2. The zero-order chi connectivity index (χ0) is 20.9. The third-order valence-corrected chi connectivity index (χ3v) is 3.78. The van der Waals surface area contributed by atoms with Gasteiger partial charge in [-0.05, 0) is 12.6 Å². The minimum Gasteiger partial charge on any atom is -0.363 e. The number of carbonyl (C=O) groups excluding carboxylic acids is 1. The fourth-order valence-corrected chi connectivity index (χ4v) is 2.24. The zero-order valence-corrected chi connectivity index (χ0v) is 15.4. The van der Waals surface area contributed by atoms with Crippen LogP contribution < -0.4 is 5.32 Å². The highest BCUT2D eigenvalue weighted by Gasteiger charge is 2.38. The van der Waals surface area contributed by atoms with Crippen LogP contribution in [0.4, 0.5) is 13.2 Å². The van der Waals surface area contributed by atoms with Gasteiger partial charge in [0, 0.05) is 12.6 Å². The van der Waals surface area contributed by atoms with Crippen LogP contribution >= 0.6 is 0 Å². The van der Waals surface area contributed by atoms with Crippen LogP contribution in [0.1, 0.15) is 11.5 Å². The fourth-order valence-electron chi connectivity index (χ4n) is 2.24. The number of nitrogens with one attached hydrogen (secondary N) is 1. The van der Waals surface area contributed by atoms with E-state index in [1.54, 1.807) is 19.2 Å². The quantitative estimate of drug-likeness (QED) is 0.498. The molecule has 0 aliphatic heterocycles. The van der Waals surface area contributed by atoms with Crippen LogP contribution in [-0.2, 0) is 22.4 Å². The van der Waals surface area contributed by atoms with Gasteiger partial charge in [0.1, 0.15) is 0 Å². The summed E-state index contributed by atoms with van der Waals surface area (Å²) in [5.74, 6) is -1.88. The van der Waals surface area contributed by atoms with Crippen molar-refractivity contribution in [1.29, 1.82) is 0 Å². The molecule has 0 bridgehead atoms. The number of amides is 1. The van der Waals surface area contributed by atoms with E-state index in [-0.39, 0.29) is 24.8 Å². The highest BCUT2D eigenvalue weighted by Crippen LogP contribution is 2.29. The average Bonchev–Trinajstić information content (AvgIpc) is 3.16. The summed E-state index contributed by atoms with van der Waals surface area (Å²) >= 11 is 0. The van der Waals surface area contributed by atoms with Crippen molar-refractivity contribution in [3.8, 4) is 11.4 Å². The molecule has 0 aliphatic rings. The van der Waals surface area contributed by atoms with Gasteiger partial charge in [0.25, 0.3) is 0 Å². The number of carbonyl (C=O) groups is 1. The van der Waals surface area contributed by atoms with Crippen LogP contribution in [0.5, 0.6) is 0 Å². The molecule has 2 N–H and O–H groups in total. The van der Waals surface area contributed by atoms with Crippen molar-refractivity contribution in [3.63, 3.8) is 0 Å². The van der Waals surface area contributed by atoms with Crippen molar-refractivity contribution < 1.29 is 32.4 Å². The largest absolute Gasteiger partial charge is 0.471 e.